The smallest absolute Gasteiger partial charge is 0.258 e. The number of benzene rings is 2. The maximum atomic E-state index is 12.7. The summed E-state index contributed by atoms with van der Waals surface area (Å²) in [4.78, 5) is 13.6. The summed E-state index contributed by atoms with van der Waals surface area (Å²) < 4.78 is 5.08. The van der Waals surface area contributed by atoms with Gasteiger partial charge >= 0.3 is 0 Å². The summed E-state index contributed by atoms with van der Waals surface area (Å²) in [5.41, 5.74) is 1.97. The van der Waals surface area contributed by atoms with Crippen molar-refractivity contribution >= 4 is 34.1 Å². The third-order valence-electron chi connectivity index (χ3n) is 4.06. The largest absolute Gasteiger partial charge is 0.384 e. The summed E-state index contributed by atoms with van der Waals surface area (Å²) in [6.07, 6.45) is 2.87. The predicted octanol–water partition coefficient (Wildman–Crippen LogP) is 4.70. The van der Waals surface area contributed by atoms with Crippen molar-refractivity contribution in [2.45, 2.75) is 24.2 Å². The van der Waals surface area contributed by atoms with Crippen molar-refractivity contribution in [3.63, 3.8) is 0 Å². The van der Waals surface area contributed by atoms with E-state index in [2.05, 4.69) is 39.8 Å². The van der Waals surface area contributed by atoms with Crippen LogP contribution in [0.25, 0.3) is 0 Å². The number of carbonyl (C=O) groups is 1. The molecule has 0 radical (unpaired) electrons. The first kappa shape index (κ1) is 20.5. The van der Waals surface area contributed by atoms with E-state index >= 15 is 0 Å². The molecule has 1 amide bonds. The number of thioether (sulfide) groups is 1. The van der Waals surface area contributed by atoms with E-state index in [1.807, 2.05) is 30.3 Å². The van der Waals surface area contributed by atoms with Gasteiger partial charge in [0.1, 0.15) is 5.01 Å². The van der Waals surface area contributed by atoms with Crippen molar-refractivity contribution in [1.29, 1.82) is 0 Å². The number of aryl methyl sites for hydroxylation is 2. The van der Waals surface area contributed by atoms with Crippen molar-refractivity contribution < 1.29 is 9.53 Å². The van der Waals surface area contributed by atoms with E-state index in [1.54, 1.807) is 18.9 Å². The maximum Gasteiger partial charge on any atom is 0.258 e. The van der Waals surface area contributed by atoms with Crippen LogP contribution in [-0.4, -0.2) is 35.6 Å². The third-order valence-corrected chi connectivity index (χ3v) is 6.00. The Hall–Kier alpha value is -2.22. The molecule has 0 fully saturated rings. The molecule has 1 heterocycles. The first-order valence-corrected chi connectivity index (χ1v) is 10.9. The van der Waals surface area contributed by atoms with Gasteiger partial charge in [0.2, 0.25) is 5.13 Å². The molecule has 0 unspecified atom stereocenters. The van der Waals surface area contributed by atoms with Crippen LogP contribution >= 0.6 is 23.1 Å². The third kappa shape index (κ3) is 6.15. The van der Waals surface area contributed by atoms with Gasteiger partial charge in [-0.15, -0.1) is 22.0 Å². The van der Waals surface area contributed by atoms with E-state index in [-0.39, 0.29) is 5.91 Å². The molecule has 0 saturated carbocycles. The van der Waals surface area contributed by atoms with E-state index in [0.717, 1.165) is 34.9 Å². The molecule has 0 aliphatic carbocycles. The van der Waals surface area contributed by atoms with Crippen molar-refractivity contribution in [3.05, 3.63) is 70.7 Å². The molecule has 0 spiro atoms. The topological polar surface area (TPSA) is 64.1 Å². The van der Waals surface area contributed by atoms with E-state index in [0.29, 0.717) is 17.3 Å². The highest BCUT2D eigenvalue weighted by Gasteiger charge is 2.14. The lowest BCUT2D eigenvalue weighted by atomic mass is 10.1. The van der Waals surface area contributed by atoms with Gasteiger partial charge in [-0.3, -0.25) is 10.1 Å². The number of anilines is 1. The quantitative estimate of drug-likeness (QED) is 0.385. The number of hydrogen-bond acceptors (Lipinski definition) is 6. The fourth-order valence-corrected chi connectivity index (χ4v) is 4.41. The molecule has 0 aliphatic heterocycles. The lowest BCUT2D eigenvalue weighted by Crippen LogP contribution is -2.13. The summed E-state index contributed by atoms with van der Waals surface area (Å²) in [6.45, 7) is 0.642. The van der Waals surface area contributed by atoms with Gasteiger partial charge in [-0.2, -0.15) is 0 Å². The summed E-state index contributed by atoms with van der Waals surface area (Å²) in [5, 5.41) is 12.7. The van der Waals surface area contributed by atoms with Gasteiger partial charge in [0.15, 0.2) is 0 Å². The Morgan fingerprint density at radius 2 is 1.86 bits per heavy atom. The molecule has 3 aromatic rings. The van der Waals surface area contributed by atoms with Crippen LogP contribution in [0.15, 0.2) is 59.5 Å². The Labute approximate surface area is 173 Å². The van der Waals surface area contributed by atoms with Crippen LogP contribution in [0.2, 0.25) is 0 Å². The van der Waals surface area contributed by atoms with E-state index in [9.17, 15) is 4.79 Å². The SMILES string of the molecule is COCCSc1ccccc1C(=O)Nc1nnc(CCCc2ccccc2)s1. The Morgan fingerprint density at radius 3 is 2.68 bits per heavy atom. The van der Waals surface area contributed by atoms with Gasteiger partial charge in [0.05, 0.1) is 12.2 Å². The average molecular weight is 414 g/mol. The van der Waals surface area contributed by atoms with Crippen LogP contribution in [0.3, 0.4) is 0 Å². The van der Waals surface area contributed by atoms with Gasteiger partial charge in [-0.05, 0) is 30.5 Å². The molecular formula is C21H23N3O2S2. The molecule has 3 rings (SSSR count). The van der Waals surface area contributed by atoms with Crippen molar-refractivity contribution in [2.24, 2.45) is 0 Å². The average Bonchev–Trinajstić information content (AvgIpc) is 3.16. The molecule has 1 aromatic heterocycles. The second-order valence-electron chi connectivity index (χ2n) is 6.13. The van der Waals surface area contributed by atoms with Gasteiger partial charge in [-0.25, -0.2) is 0 Å². The normalized spacial score (nSPS) is 10.8. The van der Waals surface area contributed by atoms with Gasteiger partial charge in [0, 0.05) is 24.2 Å². The number of amides is 1. The molecule has 0 bridgehead atoms. The predicted molar refractivity (Wildman–Crippen MR) is 115 cm³/mol. The number of nitrogens with one attached hydrogen (secondary N) is 1. The molecule has 0 atom stereocenters. The van der Waals surface area contributed by atoms with Crippen LogP contribution in [0.4, 0.5) is 5.13 Å². The number of aromatic nitrogens is 2. The number of methoxy groups -OCH3 is 1. The Bertz CT molecular complexity index is 884. The second kappa shape index (κ2) is 10.9. The molecule has 146 valence electrons. The summed E-state index contributed by atoms with van der Waals surface area (Å²) >= 11 is 3.04. The van der Waals surface area contributed by atoms with Crippen LogP contribution in [-0.2, 0) is 17.6 Å². The van der Waals surface area contributed by atoms with Crippen molar-refractivity contribution in [2.75, 3.05) is 24.8 Å². The number of ether oxygens (including phenoxy) is 1. The first-order valence-electron chi connectivity index (χ1n) is 9.14. The standard InChI is InChI=1S/C21H23N3O2S2/c1-26-14-15-27-18-12-6-5-11-17(18)20(25)22-21-24-23-19(28-21)13-7-10-16-8-3-2-4-9-16/h2-6,8-9,11-12H,7,10,13-15H2,1H3,(H,22,24,25). The second-order valence-corrected chi connectivity index (χ2v) is 8.33. The van der Waals surface area contributed by atoms with Gasteiger partial charge < -0.3 is 4.74 Å². The number of nitrogens with zero attached hydrogens (tertiary/aromatic N) is 2. The van der Waals surface area contributed by atoms with Crippen LogP contribution in [0.5, 0.6) is 0 Å². The van der Waals surface area contributed by atoms with Crippen LogP contribution in [0, 0.1) is 0 Å². The fraction of sp³-hybridized carbons (Fsp3) is 0.286. The van der Waals surface area contributed by atoms with E-state index < -0.39 is 0 Å². The monoisotopic (exact) mass is 413 g/mol. The zero-order valence-electron chi connectivity index (χ0n) is 15.8. The molecular weight excluding hydrogens is 390 g/mol. The molecule has 5 nitrogen and oxygen atoms in total. The molecule has 1 N–H and O–H groups in total. The van der Waals surface area contributed by atoms with Crippen molar-refractivity contribution in [3.8, 4) is 0 Å². The number of carbonyl (C=O) groups excluding carboxylic acids is 1. The zero-order chi connectivity index (χ0) is 19.6. The van der Waals surface area contributed by atoms with Crippen LogP contribution < -0.4 is 5.32 Å². The molecule has 7 heteroatoms. The maximum absolute atomic E-state index is 12.7. The highest BCUT2D eigenvalue weighted by Crippen LogP contribution is 2.24. The highest BCUT2D eigenvalue weighted by atomic mass is 32.2. The molecule has 2 aromatic carbocycles. The number of hydrogen-bond donors (Lipinski definition) is 1. The minimum absolute atomic E-state index is 0.160. The zero-order valence-corrected chi connectivity index (χ0v) is 17.4. The molecule has 0 saturated heterocycles. The molecule has 0 aliphatic rings. The Balaban J connectivity index is 1.54. The molecule has 28 heavy (non-hydrogen) atoms. The van der Waals surface area contributed by atoms with E-state index in [4.69, 9.17) is 4.74 Å². The number of rotatable bonds is 10. The highest BCUT2D eigenvalue weighted by molar-refractivity contribution is 7.99. The first-order chi connectivity index (χ1) is 13.8. The lowest BCUT2D eigenvalue weighted by molar-refractivity contribution is 0.102. The Morgan fingerprint density at radius 1 is 1.07 bits per heavy atom. The summed E-state index contributed by atoms with van der Waals surface area (Å²) in [6, 6.07) is 18.0. The van der Waals surface area contributed by atoms with E-state index in [1.165, 1.54) is 16.9 Å². The minimum Gasteiger partial charge on any atom is -0.384 e. The Kier molecular flexibility index (Phi) is 8.02. The van der Waals surface area contributed by atoms with Crippen LogP contribution in [0.1, 0.15) is 27.3 Å². The lowest BCUT2D eigenvalue weighted by Gasteiger charge is -2.08. The van der Waals surface area contributed by atoms with Gasteiger partial charge in [0.25, 0.3) is 5.91 Å². The van der Waals surface area contributed by atoms with Gasteiger partial charge in [-0.1, -0.05) is 53.8 Å². The minimum atomic E-state index is -0.160. The summed E-state index contributed by atoms with van der Waals surface area (Å²) in [5.74, 6) is 0.637. The van der Waals surface area contributed by atoms with Crippen molar-refractivity contribution in [1.82, 2.24) is 10.2 Å². The fourth-order valence-electron chi connectivity index (χ4n) is 2.67. The summed E-state index contributed by atoms with van der Waals surface area (Å²) in [7, 11) is 1.67.